The Hall–Kier alpha value is -4.23. The molecular weight excluding hydrogens is 540 g/mol. The van der Waals surface area contributed by atoms with E-state index in [1.165, 1.54) is 0 Å². The number of allylic oxidation sites excluding steroid dienone is 2. The van der Waals surface area contributed by atoms with Crippen molar-refractivity contribution >= 4 is 17.8 Å². The average molecular weight is 583 g/mol. The summed E-state index contributed by atoms with van der Waals surface area (Å²) in [7, 11) is 0. The van der Waals surface area contributed by atoms with Gasteiger partial charge in [0.05, 0.1) is 24.5 Å². The van der Waals surface area contributed by atoms with Crippen LogP contribution in [0, 0.1) is 11.8 Å². The minimum Gasteiger partial charge on any atom is -0.463 e. The first-order chi connectivity index (χ1) is 21.0. The zero-order valence-electron chi connectivity index (χ0n) is 24.6. The number of nitrogens with one attached hydrogen (secondary N) is 1. The molecule has 0 saturated heterocycles. The second-order valence-corrected chi connectivity index (χ2v) is 11.1. The summed E-state index contributed by atoms with van der Waals surface area (Å²) in [6, 6.07) is 28.4. The number of carbonyl (C=O) groups excluding carboxylic acids is 3. The highest BCUT2D eigenvalue weighted by Gasteiger charge is 2.28. The molecule has 43 heavy (non-hydrogen) atoms. The Morgan fingerprint density at radius 1 is 0.860 bits per heavy atom. The van der Waals surface area contributed by atoms with Gasteiger partial charge in [0.25, 0.3) is 0 Å². The van der Waals surface area contributed by atoms with Crippen molar-refractivity contribution in [3.8, 4) is 0 Å². The number of nitrogens with zero attached hydrogens (tertiary/aromatic N) is 1. The van der Waals surface area contributed by atoms with E-state index in [1.54, 1.807) is 4.90 Å². The topological polar surface area (TPSA) is 95.9 Å². The molecule has 0 aromatic heterocycles. The predicted octanol–water partition coefficient (Wildman–Crippen LogP) is 5.40. The van der Waals surface area contributed by atoms with Crippen LogP contribution >= 0.6 is 0 Å². The van der Waals surface area contributed by atoms with E-state index in [0.717, 1.165) is 29.5 Å². The van der Waals surface area contributed by atoms with Gasteiger partial charge in [0.2, 0.25) is 11.8 Å². The quantitative estimate of drug-likeness (QED) is 0.260. The molecule has 0 unspecified atom stereocenters. The summed E-state index contributed by atoms with van der Waals surface area (Å²) in [5, 5.41) is 12.7. The third kappa shape index (κ3) is 10.2. The molecule has 0 bridgehead atoms. The van der Waals surface area contributed by atoms with E-state index in [1.807, 2.05) is 103 Å². The Morgan fingerprint density at radius 2 is 1.51 bits per heavy atom. The largest absolute Gasteiger partial charge is 0.463 e. The lowest BCUT2D eigenvalue weighted by molar-refractivity contribution is -0.150. The van der Waals surface area contributed by atoms with Crippen molar-refractivity contribution < 1.29 is 24.2 Å². The smallest absolute Gasteiger partial charge is 0.309 e. The molecule has 0 fully saturated rings. The summed E-state index contributed by atoms with van der Waals surface area (Å²) in [4.78, 5) is 42.1. The molecule has 0 saturated carbocycles. The van der Waals surface area contributed by atoms with Crippen LogP contribution in [0.5, 0.6) is 0 Å². The van der Waals surface area contributed by atoms with Crippen molar-refractivity contribution in [3.05, 3.63) is 120 Å². The van der Waals surface area contributed by atoms with Gasteiger partial charge in [-0.2, -0.15) is 0 Å². The number of hydrogen-bond acceptors (Lipinski definition) is 5. The van der Waals surface area contributed by atoms with Gasteiger partial charge in [0, 0.05) is 19.5 Å². The zero-order chi connectivity index (χ0) is 30.3. The van der Waals surface area contributed by atoms with Gasteiger partial charge in [-0.3, -0.25) is 14.4 Å². The van der Waals surface area contributed by atoms with E-state index in [4.69, 9.17) is 4.74 Å². The van der Waals surface area contributed by atoms with Crippen LogP contribution in [0.15, 0.2) is 103 Å². The van der Waals surface area contributed by atoms with Gasteiger partial charge in [-0.05, 0) is 48.8 Å². The molecular formula is C36H42N2O5. The maximum atomic E-state index is 13.7. The highest BCUT2D eigenvalue weighted by Crippen LogP contribution is 2.22. The van der Waals surface area contributed by atoms with Crippen LogP contribution < -0.4 is 5.32 Å². The van der Waals surface area contributed by atoms with Crippen LogP contribution in [0.2, 0.25) is 0 Å². The molecule has 3 aromatic rings. The molecule has 2 amide bonds. The molecule has 0 spiro atoms. The number of carbonyl (C=O) groups is 3. The third-order valence-corrected chi connectivity index (χ3v) is 7.81. The fraction of sp³-hybridized carbons (Fsp3) is 0.361. The molecule has 4 rings (SSSR count). The lowest BCUT2D eigenvalue weighted by Gasteiger charge is -2.26. The number of benzene rings is 3. The number of amides is 2. The zero-order valence-corrected chi connectivity index (χ0v) is 24.6. The van der Waals surface area contributed by atoms with E-state index in [2.05, 4.69) is 5.32 Å². The van der Waals surface area contributed by atoms with Crippen LogP contribution in [-0.4, -0.2) is 47.5 Å². The number of aliphatic hydroxyl groups excluding tert-OH is 1. The third-order valence-electron chi connectivity index (χ3n) is 7.81. The Morgan fingerprint density at radius 3 is 2.19 bits per heavy atom. The van der Waals surface area contributed by atoms with Crippen molar-refractivity contribution in [2.75, 3.05) is 19.8 Å². The molecule has 2 N–H and O–H groups in total. The van der Waals surface area contributed by atoms with Crippen LogP contribution in [0.25, 0.3) is 0 Å². The molecule has 0 radical (unpaired) electrons. The lowest BCUT2D eigenvalue weighted by Crippen LogP contribution is -2.40. The summed E-state index contributed by atoms with van der Waals surface area (Å²) < 4.78 is 5.87. The second-order valence-electron chi connectivity index (χ2n) is 11.1. The van der Waals surface area contributed by atoms with Crippen molar-refractivity contribution in [1.82, 2.24) is 10.2 Å². The molecule has 3 aromatic carbocycles. The Balaban J connectivity index is 1.52. The van der Waals surface area contributed by atoms with E-state index >= 15 is 0 Å². The van der Waals surface area contributed by atoms with Gasteiger partial charge in [0.1, 0.15) is 6.61 Å². The number of cyclic esters (lactones) is 1. The van der Waals surface area contributed by atoms with Gasteiger partial charge < -0.3 is 20.1 Å². The molecule has 1 aliphatic heterocycles. The maximum Gasteiger partial charge on any atom is 0.309 e. The number of aliphatic hydroxyl groups is 1. The Bertz CT molecular complexity index is 1310. The number of hydrogen-bond donors (Lipinski definition) is 2. The van der Waals surface area contributed by atoms with Gasteiger partial charge >= 0.3 is 5.97 Å². The van der Waals surface area contributed by atoms with E-state index in [0.29, 0.717) is 25.8 Å². The average Bonchev–Trinajstić information content (AvgIpc) is 3.04. The van der Waals surface area contributed by atoms with Crippen LogP contribution in [0.1, 0.15) is 54.8 Å². The van der Waals surface area contributed by atoms with Crippen LogP contribution in [-0.2, 0) is 32.1 Å². The fourth-order valence-corrected chi connectivity index (χ4v) is 5.38. The SMILES string of the molecule is O=C1N[C@H](c2ccccc2)COC(=O)[C@@H](Cc2ccccc2)CCCC=CC[C@@H]1CC(=O)N(CCO)Cc1ccccc1. The van der Waals surface area contributed by atoms with Crippen molar-refractivity contribution in [3.63, 3.8) is 0 Å². The second kappa shape index (κ2) is 17.0. The van der Waals surface area contributed by atoms with E-state index in [-0.39, 0.29) is 49.9 Å². The van der Waals surface area contributed by atoms with Gasteiger partial charge in [-0.25, -0.2) is 0 Å². The minimum absolute atomic E-state index is 0.00102. The normalized spacial score (nSPS) is 20.0. The monoisotopic (exact) mass is 582 g/mol. The van der Waals surface area contributed by atoms with Crippen molar-refractivity contribution in [1.29, 1.82) is 0 Å². The first kappa shape index (κ1) is 31.7. The van der Waals surface area contributed by atoms with Crippen molar-refractivity contribution in [2.24, 2.45) is 11.8 Å². The van der Waals surface area contributed by atoms with E-state index < -0.39 is 12.0 Å². The van der Waals surface area contributed by atoms with Gasteiger partial charge in [-0.1, -0.05) is 103 Å². The molecule has 0 aliphatic carbocycles. The molecule has 1 aliphatic rings. The first-order valence-electron chi connectivity index (χ1n) is 15.2. The Kier molecular flexibility index (Phi) is 12.5. The maximum absolute atomic E-state index is 13.7. The van der Waals surface area contributed by atoms with Gasteiger partial charge in [-0.15, -0.1) is 0 Å². The van der Waals surface area contributed by atoms with E-state index in [9.17, 15) is 19.5 Å². The minimum atomic E-state index is -0.614. The summed E-state index contributed by atoms with van der Waals surface area (Å²) in [5.41, 5.74) is 2.86. The first-order valence-corrected chi connectivity index (χ1v) is 15.2. The number of esters is 1. The molecule has 226 valence electrons. The number of ether oxygens (including phenoxy) is 1. The van der Waals surface area contributed by atoms with Gasteiger partial charge in [0.15, 0.2) is 0 Å². The standard InChI is InChI=1S/C36H42N2O5/c39-23-22-38(26-29-16-8-4-9-17-29)34(40)25-31-20-10-1-2-11-21-32(24-28-14-6-3-7-15-28)36(42)43-27-33(37-35(31)41)30-18-12-5-13-19-30/h1,3-10,12-19,31-33,39H,2,11,20-27H2,(H,37,41)/t31-,32-,33+/m1/s1. The predicted molar refractivity (Wildman–Crippen MR) is 167 cm³/mol. The summed E-state index contributed by atoms with van der Waals surface area (Å²) in [6.07, 6.45) is 7.28. The molecule has 1 heterocycles. The molecule has 3 atom stereocenters. The summed E-state index contributed by atoms with van der Waals surface area (Å²) in [6.45, 7) is 0.380. The number of rotatable bonds is 9. The lowest BCUT2D eigenvalue weighted by atomic mass is 9.93. The highest BCUT2D eigenvalue weighted by atomic mass is 16.5. The van der Waals surface area contributed by atoms with Crippen molar-refractivity contribution in [2.45, 2.75) is 51.1 Å². The Labute approximate surface area is 254 Å². The molecule has 7 heteroatoms. The summed E-state index contributed by atoms with van der Waals surface area (Å²) >= 11 is 0. The van der Waals surface area contributed by atoms with Crippen LogP contribution in [0.4, 0.5) is 0 Å². The fourth-order valence-electron chi connectivity index (χ4n) is 5.38. The highest BCUT2D eigenvalue weighted by molar-refractivity contribution is 5.86. The summed E-state index contributed by atoms with van der Waals surface area (Å²) in [5.74, 6) is -1.63. The van der Waals surface area contributed by atoms with Crippen LogP contribution in [0.3, 0.4) is 0 Å². The molecule has 7 nitrogen and oxygen atoms in total.